The summed E-state index contributed by atoms with van der Waals surface area (Å²) in [6.07, 6.45) is 10.1. The second-order valence-electron chi connectivity index (χ2n) is 7.65. The third kappa shape index (κ3) is 5.98. The molecule has 1 aliphatic heterocycles. The lowest BCUT2D eigenvalue weighted by Crippen LogP contribution is -2.38. The Hall–Kier alpha value is -1.07. The molecule has 2 heterocycles. The average Bonchev–Trinajstić information content (AvgIpc) is 3.10. The van der Waals surface area contributed by atoms with Crippen molar-refractivity contribution in [3.8, 4) is 5.06 Å². The molecule has 0 N–H and O–H groups in total. The van der Waals surface area contributed by atoms with Crippen molar-refractivity contribution < 1.29 is 14.3 Å². The predicted molar refractivity (Wildman–Crippen MR) is 106 cm³/mol. The fraction of sp³-hybridized carbons (Fsp3) is 0.762. The van der Waals surface area contributed by atoms with Crippen LogP contribution in [-0.4, -0.2) is 43.7 Å². The number of esters is 1. The van der Waals surface area contributed by atoms with Crippen LogP contribution in [0.5, 0.6) is 5.06 Å². The minimum absolute atomic E-state index is 0.0209. The van der Waals surface area contributed by atoms with Gasteiger partial charge in [-0.3, -0.25) is 9.69 Å². The van der Waals surface area contributed by atoms with Gasteiger partial charge in [-0.1, -0.05) is 32.1 Å². The first kappa shape index (κ1) is 19.7. The van der Waals surface area contributed by atoms with Gasteiger partial charge in [0.25, 0.3) is 0 Å². The summed E-state index contributed by atoms with van der Waals surface area (Å²) >= 11 is 1.82. The van der Waals surface area contributed by atoms with E-state index in [0.29, 0.717) is 6.61 Å². The molecule has 0 amide bonds. The summed E-state index contributed by atoms with van der Waals surface area (Å²) in [4.78, 5) is 15.7. The molecule has 4 nitrogen and oxygen atoms in total. The fourth-order valence-corrected chi connectivity index (χ4v) is 5.14. The molecule has 3 rings (SSSR count). The van der Waals surface area contributed by atoms with Gasteiger partial charge in [0.1, 0.15) is 6.61 Å². The highest BCUT2D eigenvalue weighted by Crippen LogP contribution is 2.32. The molecule has 0 spiro atoms. The molecule has 2 aliphatic rings. The third-order valence-electron chi connectivity index (χ3n) is 5.71. The van der Waals surface area contributed by atoms with Crippen molar-refractivity contribution in [3.63, 3.8) is 0 Å². The summed E-state index contributed by atoms with van der Waals surface area (Å²) in [5.41, 5.74) is 0. The van der Waals surface area contributed by atoms with Crippen molar-refractivity contribution in [1.29, 1.82) is 0 Å². The molecule has 0 bridgehead atoms. The summed E-state index contributed by atoms with van der Waals surface area (Å²) in [6, 6.07) is 4.38. The largest absolute Gasteiger partial charge is 0.483 e. The van der Waals surface area contributed by atoms with E-state index in [1.165, 1.54) is 43.4 Å². The Morgan fingerprint density at radius 2 is 1.92 bits per heavy atom. The Balaban J connectivity index is 1.32. The maximum absolute atomic E-state index is 11.8. The molecule has 1 aromatic heterocycles. The second kappa shape index (κ2) is 10.3. The first-order valence-corrected chi connectivity index (χ1v) is 11.2. The van der Waals surface area contributed by atoms with Gasteiger partial charge in [0, 0.05) is 11.4 Å². The quantitative estimate of drug-likeness (QED) is 0.622. The molecule has 0 aromatic carbocycles. The number of nitrogens with zero attached hydrogens (tertiary/aromatic N) is 1. The van der Waals surface area contributed by atoms with Crippen LogP contribution in [0.1, 0.15) is 56.7 Å². The van der Waals surface area contributed by atoms with E-state index in [2.05, 4.69) is 17.0 Å². The minimum atomic E-state index is -0.0209. The van der Waals surface area contributed by atoms with Crippen LogP contribution >= 0.6 is 11.3 Å². The Bertz CT molecular complexity index is 545. The zero-order valence-corrected chi connectivity index (χ0v) is 16.9. The summed E-state index contributed by atoms with van der Waals surface area (Å²) in [6.45, 7) is 5.94. The minimum Gasteiger partial charge on any atom is -0.483 e. The molecule has 1 aliphatic carbocycles. The zero-order valence-electron chi connectivity index (χ0n) is 16.1. The van der Waals surface area contributed by atoms with Crippen molar-refractivity contribution in [3.05, 3.63) is 17.0 Å². The predicted octanol–water partition coefficient (Wildman–Crippen LogP) is 4.52. The molecule has 146 valence electrons. The second-order valence-corrected chi connectivity index (χ2v) is 8.78. The normalized spacial score (nSPS) is 20.2. The van der Waals surface area contributed by atoms with Crippen LogP contribution in [-0.2, 0) is 16.0 Å². The first-order valence-electron chi connectivity index (χ1n) is 10.3. The van der Waals surface area contributed by atoms with Crippen LogP contribution in [0.15, 0.2) is 12.1 Å². The summed E-state index contributed by atoms with van der Waals surface area (Å²) in [5.74, 6) is 0.954. The number of likely N-dealkylation sites (tertiary alicyclic amines) is 1. The monoisotopic (exact) mass is 379 g/mol. The van der Waals surface area contributed by atoms with Crippen LogP contribution in [0.25, 0.3) is 0 Å². The van der Waals surface area contributed by atoms with E-state index in [9.17, 15) is 4.79 Å². The Kier molecular flexibility index (Phi) is 7.81. The van der Waals surface area contributed by atoms with E-state index in [0.717, 1.165) is 50.1 Å². The van der Waals surface area contributed by atoms with Crippen molar-refractivity contribution in [2.45, 2.75) is 58.3 Å². The van der Waals surface area contributed by atoms with Gasteiger partial charge < -0.3 is 9.47 Å². The van der Waals surface area contributed by atoms with Gasteiger partial charge in [0.15, 0.2) is 5.06 Å². The molecular formula is C21H33NO3S. The van der Waals surface area contributed by atoms with Crippen LogP contribution < -0.4 is 4.74 Å². The molecule has 0 atom stereocenters. The lowest BCUT2D eigenvalue weighted by atomic mass is 9.87. The van der Waals surface area contributed by atoms with Crippen molar-refractivity contribution >= 4 is 17.3 Å². The molecule has 1 saturated heterocycles. The fourth-order valence-electron chi connectivity index (χ4n) is 4.15. The van der Waals surface area contributed by atoms with Gasteiger partial charge in [-0.15, -0.1) is 11.3 Å². The van der Waals surface area contributed by atoms with Crippen molar-refractivity contribution in [2.75, 3.05) is 32.8 Å². The van der Waals surface area contributed by atoms with Gasteiger partial charge in [0.05, 0.1) is 12.5 Å². The Morgan fingerprint density at radius 1 is 1.15 bits per heavy atom. The molecule has 2 fully saturated rings. The summed E-state index contributed by atoms with van der Waals surface area (Å²) in [5, 5.41) is 1.05. The number of ether oxygens (including phenoxy) is 2. The van der Waals surface area contributed by atoms with Crippen LogP contribution in [0, 0.1) is 11.8 Å². The summed E-state index contributed by atoms with van der Waals surface area (Å²) in [7, 11) is 0. The van der Waals surface area contributed by atoms with Crippen molar-refractivity contribution in [1.82, 2.24) is 4.90 Å². The lowest BCUT2D eigenvalue weighted by Gasteiger charge is -2.30. The molecule has 26 heavy (non-hydrogen) atoms. The first-order chi connectivity index (χ1) is 12.7. The number of carbonyl (C=O) groups excluding carboxylic acids is 1. The number of rotatable bonds is 8. The topological polar surface area (TPSA) is 38.8 Å². The van der Waals surface area contributed by atoms with Crippen LogP contribution in [0.3, 0.4) is 0 Å². The van der Waals surface area contributed by atoms with E-state index in [1.54, 1.807) is 0 Å². The van der Waals surface area contributed by atoms with Crippen LogP contribution in [0.4, 0.5) is 0 Å². The number of thiophene rings is 1. The molecule has 0 radical (unpaired) electrons. The van der Waals surface area contributed by atoms with Gasteiger partial charge >= 0.3 is 5.97 Å². The summed E-state index contributed by atoms with van der Waals surface area (Å²) < 4.78 is 11.1. The Morgan fingerprint density at radius 3 is 2.65 bits per heavy atom. The number of piperidine rings is 1. The van der Waals surface area contributed by atoms with E-state index < -0.39 is 0 Å². The van der Waals surface area contributed by atoms with Gasteiger partial charge in [-0.25, -0.2) is 0 Å². The van der Waals surface area contributed by atoms with Gasteiger partial charge in [-0.05, 0) is 57.3 Å². The van der Waals surface area contributed by atoms with Gasteiger partial charge in [-0.2, -0.15) is 0 Å². The van der Waals surface area contributed by atoms with Crippen LogP contribution in [0.2, 0.25) is 0 Å². The number of carbonyl (C=O) groups is 1. The number of hydrogen-bond donors (Lipinski definition) is 0. The van der Waals surface area contributed by atoms with Gasteiger partial charge in [0.2, 0.25) is 0 Å². The molecule has 0 unspecified atom stereocenters. The van der Waals surface area contributed by atoms with E-state index in [-0.39, 0.29) is 11.9 Å². The highest BCUT2D eigenvalue weighted by atomic mass is 32.1. The van der Waals surface area contributed by atoms with Crippen molar-refractivity contribution in [2.24, 2.45) is 11.8 Å². The highest BCUT2D eigenvalue weighted by molar-refractivity contribution is 7.13. The SMILES string of the molecule is CCOC(=O)C1CCN(CCOc2ccc(CC3CCCCC3)s2)CC1. The smallest absolute Gasteiger partial charge is 0.309 e. The zero-order chi connectivity index (χ0) is 18.2. The Labute approximate surface area is 161 Å². The molecule has 5 heteroatoms. The van der Waals surface area contributed by atoms with E-state index in [4.69, 9.17) is 9.47 Å². The highest BCUT2D eigenvalue weighted by Gasteiger charge is 2.25. The average molecular weight is 380 g/mol. The molecular weight excluding hydrogens is 346 g/mol. The maximum Gasteiger partial charge on any atom is 0.309 e. The number of hydrogen-bond acceptors (Lipinski definition) is 5. The lowest BCUT2D eigenvalue weighted by molar-refractivity contribution is -0.149. The van der Waals surface area contributed by atoms with E-state index in [1.807, 2.05) is 18.3 Å². The third-order valence-corrected chi connectivity index (χ3v) is 6.73. The standard InChI is InChI=1S/C21H33NO3S/c1-2-24-21(23)18-10-12-22(13-11-18)14-15-25-20-9-8-19(26-20)16-17-6-4-3-5-7-17/h8-9,17-18H,2-7,10-16H2,1H3. The maximum atomic E-state index is 11.8. The molecule has 1 aromatic rings. The molecule has 1 saturated carbocycles. The van der Waals surface area contributed by atoms with E-state index >= 15 is 0 Å².